The Morgan fingerprint density at radius 1 is 0.938 bits per heavy atom. The Bertz CT molecular complexity index is 1240. The topological polar surface area (TPSA) is 71.1 Å². The summed E-state index contributed by atoms with van der Waals surface area (Å²) in [6, 6.07) is 14.8. The number of halogens is 1. The summed E-state index contributed by atoms with van der Waals surface area (Å²) in [5.41, 5.74) is 2.03. The van der Waals surface area contributed by atoms with Crippen LogP contribution in [0.1, 0.15) is 31.8 Å². The van der Waals surface area contributed by atoms with Crippen molar-refractivity contribution in [2.45, 2.75) is 6.92 Å². The van der Waals surface area contributed by atoms with E-state index in [1.165, 1.54) is 7.11 Å². The predicted molar refractivity (Wildman–Crippen MR) is 120 cm³/mol. The van der Waals surface area contributed by atoms with Crippen LogP contribution >= 0.6 is 11.6 Å². The van der Waals surface area contributed by atoms with Gasteiger partial charge in [0.2, 0.25) is 5.78 Å². The van der Waals surface area contributed by atoms with Gasteiger partial charge in [-0.05, 0) is 67.1 Å². The maximum absolute atomic E-state index is 12.8. The van der Waals surface area contributed by atoms with E-state index in [0.29, 0.717) is 50.3 Å². The standard InChI is InChI=1S/C25H19ClO6/c1-14-19(32-25(28)16-5-7-17(26)8-6-16)11-9-18-23(27)22(31-24(14)18)13-15-4-10-20(29-2)21(12-15)30-3/h4-13H,1-3H3/b22-13-. The van der Waals surface area contributed by atoms with Gasteiger partial charge in [0.1, 0.15) is 11.5 Å². The third-order valence-corrected chi connectivity index (χ3v) is 5.28. The number of carbonyl (C=O) groups is 2. The minimum absolute atomic E-state index is 0.163. The van der Waals surface area contributed by atoms with Crippen molar-refractivity contribution < 1.29 is 28.5 Å². The molecule has 0 spiro atoms. The molecular weight excluding hydrogens is 432 g/mol. The van der Waals surface area contributed by atoms with Crippen LogP contribution in [-0.4, -0.2) is 26.0 Å². The molecule has 0 atom stereocenters. The van der Waals surface area contributed by atoms with E-state index in [1.54, 1.807) is 74.7 Å². The van der Waals surface area contributed by atoms with Gasteiger partial charge in [0, 0.05) is 10.6 Å². The van der Waals surface area contributed by atoms with E-state index < -0.39 is 5.97 Å². The molecule has 3 aromatic rings. The van der Waals surface area contributed by atoms with E-state index in [1.807, 2.05) is 0 Å². The van der Waals surface area contributed by atoms with Crippen molar-refractivity contribution in [3.63, 3.8) is 0 Å². The fraction of sp³-hybridized carbons (Fsp3) is 0.120. The van der Waals surface area contributed by atoms with Gasteiger partial charge in [-0.25, -0.2) is 4.79 Å². The number of fused-ring (bicyclic) bond motifs is 1. The van der Waals surface area contributed by atoms with E-state index in [9.17, 15) is 9.59 Å². The van der Waals surface area contributed by atoms with Crippen molar-refractivity contribution in [3.8, 4) is 23.0 Å². The van der Waals surface area contributed by atoms with Crippen LogP contribution in [0.2, 0.25) is 5.02 Å². The SMILES string of the molecule is COc1ccc(/C=C2\Oc3c(ccc(OC(=O)c4ccc(Cl)cc4)c3C)C2=O)cc1OC. The molecule has 4 rings (SSSR count). The number of carbonyl (C=O) groups excluding carboxylic acids is 2. The molecule has 6 nitrogen and oxygen atoms in total. The molecule has 32 heavy (non-hydrogen) atoms. The Morgan fingerprint density at radius 3 is 2.31 bits per heavy atom. The third kappa shape index (κ3) is 4.05. The molecule has 7 heteroatoms. The summed E-state index contributed by atoms with van der Waals surface area (Å²) < 4.78 is 21.9. The molecule has 0 aliphatic carbocycles. The van der Waals surface area contributed by atoms with E-state index in [2.05, 4.69) is 0 Å². The summed E-state index contributed by atoms with van der Waals surface area (Å²) in [7, 11) is 3.09. The highest BCUT2D eigenvalue weighted by Gasteiger charge is 2.30. The van der Waals surface area contributed by atoms with Crippen molar-refractivity contribution in [1.82, 2.24) is 0 Å². The highest BCUT2D eigenvalue weighted by atomic mass is 35.5. The van der Waals surface area contributed by atoms with Gasteiger partial charge in [-0.2, -0.15) is 0 Å². The van der Waals surface area contributed by atoms with Crippen LogP contribution in [0, 0.1) is 6.92 Å². The summed E-state index contributed by atoms with van der Waals surface area (Å²) in [6.45, 7) is 1.73. The maximum atomic E-state index is 12.8. The van der Waals surface area contributed by atoms with Gasteiger partial charge in [0.25, 0.3) is 0 Å². The van der Waals surface area contributed by atoms with Crippen LogP contribution < -0.4 is 18.9 Å². The van der Waals surface area contributed by atoms with E-state index in [4.69, 9.17) is 30.5 Å². The second-order valence-corrected chi connectivity index (χ2v) is 7.45. The molecule has 0 saturated carbocycles. The number of allylic oxidation sites excluding steroid dienone is 1. The first-order chi connectivity index (χ1) is 15.4. The molecule has 162 valence electrons. The lowest BCUT2D eigenvalue weighted by Gasteiger charge is -2.10. The molecule has 0 radical (unpaired) electrons. The van der Waals surface area contributed by atoms with Crippen LogP contribution in [0.4, 0.5) is 0 Å². The Balaban J connectivity index is 1.60. The molecule has 0 unspecified atom stereocenters. The van der Waals surface area contributed by atoms with Crippen LogP contribution in [0.15, 0.2) is 60.4 Å². The minimum Gasteiger partial charge on any atom is -0.493 e. The van der Waals surface area contributed by atoms with Crippen LogP contribution in [0.25, 0.3) is 6.08 Å². The van der Waals surface area contributed by atoms with Crippen LogP contribution in [0.3, 0.4) is 0 Å². The molecule has 1 heterocycles. The first kappa shape index (κ1) is 21.5. The molecular formula is C25H19ClO6. The molecule has 0 fully saturated rings. The summed E-state index contributed by atoms with van der Waals surface area (Å²) in [6.07, 6.45) is 1.63. The third-order valence-electron chi connectivity index (χ3n) is 5.02. The Labute approximate surface area is 189 Å². The molecule has 0 saturated heterocycles. The normalized spacial score (nSPS) is 13.5. The highest BCUT2D eigenvalue weighted by molar-refractivity contribution is 6.30. The monoisotopic (exact) mass is 450 g/mol. The zero-order valence-electron chi connectivity index (χ0n) is 17.6. The zero-order chi connectivity index (χ0) is 22.8. The average molecular weight is 451 g/mol. The number of benzene rings is 3. The van der Waals surface area contributed by atoms with Gasteiger partial charge < -0.3 is 18.9 Å². The van der Waals surface area contributed by atoms with Crippen molar-refractivity contribution in [1.29, 1.82) is 0 Å². The Hall–Kier alpha value is -3.77. The number of esters is 1. The van der Waals surface area contributed by atoms with E-state index in [0.717, 1.165) is 0 Å². The van der Waals surface area contributed by atoms with Gasteiger partial charge in [0.15, 0.2) is 17.3 Å². The number of ether oxygens (including phenoxy) is 4. The Morgan fingerprint density at radius 2 is 1.62 bits per heavy atom. The van der Waals surface area contributed by atoms with E-state index >= 15 is 0 Å². The summed E-state index contributed by atoms with van der Waals surface area (Å²) in [5, 5.41) is 0.524. The lowest BCUT2D eigenvalue weighted by molar-refractivity contribution is 0.0733. The van der Waals surface area contributed by atoms with Gasteiger partial charge in [0.05, 0.1) is 25.3 Å². The lowest BCUT2D eigenvalue weighted by atomic mass is 10.1. The van der Waals surface area contributed by atoms with Crippen LogP contribution in [0.5, 0.6) is 23.0 Å². The number of hydrogen-bond donors (Lipinski definition) is 0. The van der Waals surface area contributed by atoms with Crippen molar-refractivity contribution in [2.75, 3.05) is 14.2 Å². The van der Waals surface area contributed by atoms with Gasteiger partial charge in [-0.3, -0.25) is 4.79 Å². The van der Waals surface area contributed by atoms with Crippen molar-refractivity contribution >= 4 is 29.4 Å². The van der Waals surface area contributed by atoms with Gasteiger partial charge in [-0.15, -0.1) is 0 Å². The zero-order valence-corrected chi connectivity index (χ0v) is 18.4. The predicted octanol–water partition coefficient (Wildman–Crippen LogP) is 5.50. The number of ketones is 1. The number of methoxy groups -OCH3 is 2. The Kier molecular flexibility index (Phi) is 5.88. The molecule has 0 bridgehead atoms. The molecule has 0 amide bonds. The smallest absolute Gasteiger partial charge is 0.343 e. The number of Topliss-reactive ketones (excluding diaryl/α,β-unsaturated/α-hetero) is 1. The highest BCUT2D eigenvalue weighted by Crippen LogP contribution is 2.40. The largest absolute Gasteiger partial charge is 0.493 e. The fourth-order valence-corrected chi connectivity index (χ4v) is 3.44. The second-order valence-electron chi connectivity index (χ2n) is 7.02. The quantitative estimate of drug-likeness (QED) is 0.290. The second kappa shape index (κ2) is 8.77. The summed E-state index contributed by atoms with van der Waals surface area (Å²) in [5.74, 6) is 1.17. The molecule has 3 aromatic carbocycles. The summed E-state index contributed by atoms with van der Waals surface area (Å²) in [4.78, 5) is 25.3. The first-order valence-electron chi connectivity index (χ1n) is 9.69. The fourth-order valence-electron chi connectivity index (χ4n) is 3.32. The summed E-state index contributed by atoms with van der Waals surface area (Å²) >= 11 is 5.86. The maximum Gasteiger partial charge on any atom is 0.343 e. The van der Waals surface area contributed by atoms with Crippen molar-refractivity contribution in [2.24, 2.45) is 0 Å². The molecule has 0 aromatic heterocycles. The molecule has 1 aliphatic rings. The van der Waals surface area contributed by atoms with Gasteiger partial charge >= 0.3 is 5.97 Å². The van der Waals surface area contributed by atoms with Crippen molar-refractivity contribution in [3.05, 3.63) is 87.6 Å². The average Bonchev–Trinajstić information content (AvgIpc) is 3.12. The molecule has 0 N–H and O–H groups in total. The number of hydrogen-bond acceptors (Lipinski definition) is 6. The minimum atomic E-state index is -0.532. The first-order valence-corrected chi connectivity index (χ1v) is 10.1. The van der Waals surface area contributed by atoms with Gasteiger partial charge in [-0.1, -0.05) is 17.7 Å². The lowest BCUT2D eigenvalue weighted by Crippen LogP contribution is -2.09. The van der Waals surface area contributed by atoms with E-state index in [-0.39, 0.29) is 11.5 Å². The number of rotatable bonds is 5. The molecule has 1 aliphatic heterocycles. The van der Waals surface area contributed by atoms with Crippen LogP contribution in [-0.2, 0) is 0 Å².